The van der Waals surface area contributed by atoms with Crippen LogP contribution < -0.4 is 5.73 Å². The number of aliphatic imine (C=N–C) groups is 1. The number of benzene rings is 6. The number of allylic oxidation sites excluding steroid dienone is 2. The van der Waals surface area contributed by atoms with Crippen molar-refractivity contribution in [3.63, 3.8) is 0 Å². The van der Waals surface area contributed by atoms with Crippen LogP contribution in [-0.2, 0) is 0 Å². The first-order valence-corrected chi connectivity index (χ1v) is 15.8. The lowest BCUT2D eigenvalue weighted by Crippen LogP contribution is -2.22. The van der Waals surface area contributed by atoms with Crippen molar-refractivity contribution in [2.24, 2.45) is 10.7 Å². The van der Waals surface area contributed by atoms with E-state index in [2.05, 4.69) is 108 Å². The first-order chi connectivity index (χ1) is 22.2. The molecule has 0 amide bonds. The second kappa shape index (κ2) is 11.1. The van der Waals surface area contributed by atoms with Gasteiger partial charge in [-0.3, -0.25) is 4.57 Å². The van der Waals surface area contributed by atoms with Gasteiger partial charge in [0.15, 0.2) is 0 Å². The van der Waals surface area contributed by atoms with Gasteiger partial charge in [0, 0.05) is 36.5 Å². The smallest absolute Gasteiger partial charge is 0.205 e. The lowest BCUT2D eigenvalue weighted by atomic mass is 10.0. The molecule has 2 aromatic heterocycles. The van der Waals surface area contributed by atoms with E-state index in [1.165, 1.54) is 31.3 Å². The van der Waals surface area contributed by atoms with Gasteiger partial charge in [-0.2, -0.15) is 0 Å². The summed E-state index contributed by atoms with van der Waals surface area (Å²) >= 11 is 1.85. The molecule has 2 heterocycles. The second-order valence-electron chi connectivity index (χ2n) is 11.1. The molecule has 0 bridgehead atoms. The SMILES string of the molecule is C=C(/C=C(\N=C(N)n1c2ccccc2c2cc(-c3cccc4c3sc3ccccc34)ccc21)c1ccccc1)c1ccccc1. The molecule has 0 atom stereocenters. The average molecular weight is 596 g/mol. The van der Waals surface area contributed by atoms with Crippen molar-refractivity contribution < 1.29 is 0 Å². The summed E-state index contributed by atoms with van der Waals surface area (Å²) in [5.41, 5.74) is 15.0. The highest BCUT2D eigenvalue weighted by Gasteiger charge is 2.16. The van der Waals surface area contributed by atoms with Crippen LogP contribution in [0.4, 0.5) is 0 Å². The van der Waals surface area contributed by atoms with Gasteiger partial charge in [0.1, 0.15) is 0 Å². The summed E-state index contributed by atoms with van der Waals surface area (Å²) in [6.45, 7) is 4.34. The standard InChI is InChI=1S/C41H29N3S/c1-27(28-13-4-2-5-14-28)25-36(29-15-6-3-7-16-29)43-41(42)44-37-21-10-8-17-32(37)35-26-30(23-24-38(35)44)31-19-12-20-34-33-18-9-11-22-39(33)45-40(31)34/h2-26H,1H2,(H2,42,43)/b36-25-. The molecule has 8 aromatic rings. The molecule has 2 N–H and O–H groups in total. The molecular weight excluding hydrogens is 567 g/mol. The van der Waals surface area contributed by atoms with Gasteiger partial charge in [0.25, 0.3) is 0 Å². The van der Waals surface area contributed by atoms with Gasteiger partial charge in [-0.1, -0.05) is 128 Å². The Bertz CT molecular complexity index is 2440. The zero-order valence-corrected chi connectivity index (χ0v) is 25.3. The van der Waals surface area contributed by atoms with E-state index in [1.54, 1.807) is 0 Å². The molecular formula is C41H29N3S. The van der Waals surface area contributed by atoms with Gasteiger partial charge >= 0.3 is 0 Å². The van der Waals surface area contributed by atoms with E-state index in [-0.39, 0.29) is 0 Å². The molecule has 0 aliphatic carbocycles. The normalized spacial score (nSPS) is 12.4. The van der Waals surface area contributed by atoms with Gasteiger partial charge in [0.2, 0.25) is 5.96 Å². The predicted molar refractivity (Wildman–Crippen MR) is 195 cm³/mol. The molecule has 3 nitrogen and oxygen atoms in total. The van der Waals surface area contributed by atoms with Gasteiger partial charge in [0.05, 0.1) is 16.7 Å². The van der Waals surface area contributed by atoms with E-state index in [4.69, 9.17) is 10.7 Å². The summed E-state index contributed by atoms with van der Waals surface area (Å²) < 4.78 is 4.68. The van der Waals surface area contributed by atoms with Crippen molar-refractivity contribution in [3.8, 4) is 11.1 Å². The topological polar surface area (TPSA) is 43.3 Å². The molecule has 8 rings (SSSR count). The number of nitrogens with two attached hydrogens (primary N) is 1. The summed E-state index contributed by atoms with van der Waals surface area (Å²) in [6, 6.07) is 50.6. The molecule has 214 valence electrons. The lowest BCUT2D eigenvalue weighted by molar-refractivity contribution is 1.22. The minimum atomic E-state index is 0.400. The molecule has 45 heavy (non-hydrogen) atoms. The van der Waals surface area contributed by atoms with Crippen molar-refractivity contribution >= 4 is 70.5 Å². The maximum absolute atomic E-state index is 6.94. The number of rotatable bonds is 5. The number of aromatic nitrogens is 1. The molecule has 0 saturated carbocycles. The second-order valence-corrected chi connectivity index (χ2v) is 12.2. The molecule has 6 aromatic carbocycles. The van der Waals surface area contributed by atoms with Crippen LogP contribution in [0.2, 0.25) is 0 Å². The molecule has 0 radical (unpaired) electrons. The van der Waals surface area contributed by atoms with Crippen molar-refractivity contribution in [1.29, 1.82) is 0 Å². The molecule has 0 spiro atoms. The van der Waals surface area contributed by atoms with Crippen LogP contribution >= 0.6 is 11.3 Å². The Kier molecular flexibility index (Phi) is 6.63. The highest BCUT2D eigenvalue weighted by atomic mass is 32.1. The van der Waals surface area contributed by atoms with Gasteiger partial charge in [-0.15, -0.1) is 11.3 Å². The highest BCUT2D eigenvalue weighted by molar-refractivity contribution is 7.26. The van der Waals surface area contributed by atoms with Crippen LogP contribution in [0.15, 0.2) is 163 Å². The zero-order valence-electron chi connectivity index (χ0n) is 24.5. The van der Waals surface area contributed by atoms with Crippen LogP contribution in [0, 0.1) is 0 Å². The summed E-state index contributed by atoms with van der Waals surface area (Å²) in [5.74, 6) is 0.400. The fraction of sp³-hybridized carbons (Fsp3) is 0. The van der Waals surface area contributed by atoms with Gasteiger partial charge in [-0.05, 0) is 52.6 Å². The fourth-order valence-corrected chi connectivity index (χ4v) is 7.46. The first-order valence-electron chi connectivity index (χ1n) is 15.0. The third-order valence-corrected chi connectivity index (χ3v) is 9.60. The summed E-state index contributed by atoms with van der Waals surface area (Å²) in [4.78, 5) is 5.06. The van der Waals surface area contributed by atoms with E-state index in [0.717, 1.165) is 44.2 Å². The quantitative estimate of drug-likeness (QED) is 0.120. The van der Waals surface area contributed by atoms with E-state index < -0.39 is 0 Å². The Hall–Kier alpha value is -5.71. The third kappa shape index (κ3) is 4.73. The molecule has 0 aliphatic rings. The summed E-state index contributed by atoms with van der Waals surface area (Å²) in [7, 11) is 0. The maximum Gasteiger partial charge on any atom is 0.205 e. The van der Waals surface area contributed by atoms with Crippen LogP contribution in [0.3, 0.4) is 0 Å². The maximum atomic E-state index is 6.94. The molecule has 0 saturated heterocycles. The van der Waals surface area contributed by atoms with Gasteiger partial charge in [-0.25, -0.2) is 4.99 Å². The number of nitrogens with zero attached hydrogens (tertiary/aromatic N) is 2. The van der Waals surface area contributed by atoms with Crippen LogP contribution in [0.25, 0.3) is 64.4 Å². The highest BCUT2D eigenvalue weighted by Crippen LogP contribution is 2.41. The molecule has 0 aliphatic heterocycles. The van der Waals surface area contributed by atoms with Gasteiger partial charge < -0.3 is 5.73 Å². The Morgan fingerprint density at radius 2 is 1.27 bits per heavy atom. The minimum Gasteiger partial charge on any atom is -0.369 e. The van der Waals surface area contributed by atoms with Crippen LogP contribution in [0.1, 0.15) is 11.1 Å². The van der Waals surface area contributed by atoms with Crippen molar-refractivity contribution in [1.82, 2.24) is 4.57 Å². The number of fused-ring (bicyclic) bond motifs is 6. The van der Waals surface area contributed by atoms with E-state index in [9.17, 15) is 0 Å². The third-order valence-electron chi connectivity index (χ3n) is 8.38. The fourth-order valence-electron chi connectivity index (χ4n) is 6.22. The minimum absolute atomic E-state index is 0.400. The lowest BCUT2D eigenvalue weighted by Gasteiger charge is -2.10. The molecule has 4 heteroatoms. The van der Waals surface area contributed by atoms with Crippen molar-refractivity contribution in [2.75, 3.05) is 0 Å². The number of thiophene rings is 1. The van der Waals surface area contributed by atoms with Crippen molar-refractivity contribution in [3.05, 3.63) is 169 Å². The summed E-state index contributed by atoms with van der Waals surface area (Å²) in [6.07, 6.45) is 2.01. The Balaban J connectivity index is 1.30. The predicted octanol–water partition coefficient (Wildman–Crippen LogP) is 10.7. The number of hydrogen-bond donors (Lipinski definition) is 1. The zero-order chi connectivity index (χ0) is 30.3. The Morgan fingerprint density at radius 1 is 0.622 bits per heavy atom. The van der Waals surface area contributed by atoms with E-state index in [0.29, 0.717) is 5.96 Å². The largest absolute Gasteiger partial charge is 0.369 e. The molecule has 0 fully saturated rings. The number of hydrogen-bond acceptors (Lipinski definition) is 2. The average Bonchev–Trinajstić information content (AvgIpc) is 3.64. The number of para-hydroxylation sites is 1. The van der Waals surface area contributed by atoms with Crippen LogP contribution in [0.5, 0.6) is 0 Å². The summed E-state index contributed by atoms with van der Waals surface area (Å²) in [5, 5.41) is 4.87. The first kappa shape index (κ1) is 26.9. The van der Waals surface area contributed by atoms with Crippen molar-refractivity contribution in [2.45, 2.75) is 0 Å². The van der Waals surface area contributed by atoms with Crippen LogP contribution in [-0.4, -0.2) is 10.5 Å². The van der Waals surface area contributed by atoms with E-state index >= 15 is 0 Å². The monoisotopic (exact) mass is 595 g/mol. The Labute approximate surface area is 265 Å². The Morgan fingerprint density at radius 3 is 2.07 bits per heavy atom. The molecule has 0 unspecified atom stereocenters. The van der Waals surface area contributed by atoms with E-state index in [1.807, 2.05) is 65.9 Å².